The molecular formula is C18H17Cl2N2OS+. The Morgan fingerprint density at radius 3 is 2.67 bits per heavy atom. The molecule has 2 heterocycles. The van der Waals surface area contributed by atoms with E-state index in [2.05, 4.69) is 21.6 Å². The van der Waals surface area contributed by atoms with Gasteiger partial charge in [0.05, 0.1) is 17.1 Å². The average Bonchev–Trinajstić information content (AvgIpc) is 2.90. The van der Waals surface area contributed by atoms with Gasteiger partial charge in [-0.2, -0.15) is 0 Å². The number of rotatable bonds is 2. The number of benzene rings is 2. The summed E-state index contributed by atoms with van der Waals surface area (Å²) in [4.78, 5) is 2.18. The molecule has 0 bridgehead atoms. The first kappa shape index (κ1) is 16.3. The van der Waals surface area contributed by atoms with Crippen LogP contribution in [0.5, 0.6) is 0 Å². The number of thioether (sulfide) groups is 1. The van der Waals surface area contributed by atoms with Gasteiger partial charge in [0.2, 0.25) is 0 Å². The van der Waals surface area contributed by atoms with Crippen LogP contribution in [0.3, 0.4) is 0 Å². The summed E-state index contributed by atoms with van der Waals surface area (Å²) in [5.41, 5.74) is 0.625. The van der Waals surface area contributed by atoms with Crippen molar-refractivity contribution in [1.82, 2.24) is 0 Å². The van der Waals surface area contributed by atoms with Crippen molar-refractivity contribution in [2.45, 2.75) is 12.1 Å². The standard InChI is InChI=1S/C18H17Cl2N2OS/c19-13-7-8-15(16(20)11-13)18(23)12-21(14-5-2-1-3-6-14)17-22(18)9-4-10-24-17/h1-3,5-8,11,23H,4,9-10,12H2/q+1. The zero-order valence-electron chi connectivity index (χ0n) is 13.0. The van der Waals surface area contributed by atoms with Crippen LogP contribution in [0.1, 0.15) is 12.0 Å². The molecule has 2 aromatic carbocycles. The summed E-state index contributed by atoms with van der Waals surface area (Å²) in [7, 11) is 0. The largest absolute Gasteiger partial charge is 0.346 e. The lowest BCUT2D eigenvalue weighted by Crippen LogP contribution is -2.41. The molecule has 0 aliphatic carbocycles. The van der Waals surface area contributed by atoms with Gasteiger partial charge in [0.1, 0.15) is 5.69 Å². The minimum Gasteiger partial charge on any atom is -0.346 e. The summed E-state index contributed by atoms with van der Waals surface area (Å²) >= 11 is 14.2. The molecule has 0 saturated heterocycles. The van der Waals surface area contributed by atoms with Gasteiger partial charge in [-0.3, -0.25) is 0 Å². The van der Waals surface area contributed by atoms with Gasteiger partial charge in [0.15, 0.2) is 6.54 Å². The number of hydrogen-bond acceptors (Lipinski definition) is 3. The molecule has 4 rings (SSSR count). The molecule has 0 saturated carbocycles. The molecular weight excluding hydrogens is 363 g/mol. The summed E-state index contributed by atoms with van der Waals surface area (Å²) < 4.78 is 2.07. The fourth-order valence-corrected chi connectivity index (χ4v) is 5.09. The minimum atomic E-state index is -1.15. The second kappa shape index (κ2) is 6.26. The highest BCUT2D eigenvalue weighted by molar-refractivity contribution is 8.13. The van der Waals surface area contributed by atoms with E-state index in [9.17, 15) is 5.11 Å². The maximum atomic E-state index is 11.6. The van der Waals surface area contributed by atoms with Crippen molar-refractivity contribution in [3.63, 3.8) is 0 Å². The van der Waals surface area contributed by atoms with E-state index in [0.717, 1.165) is 29.6 Å². The van der Waals surface area contributed by atoms with E-state index in [4.69, 9.17) is 23.2 Å². The van der Waals surface area contributed by atoms with Crippen molar-refractivity contribution in [3.05, 3.63) is 64.1 Å². The number of nitrogens with zero attached hydrogens (tertiary/aromatic N) is 2. The minimum absolute atomic E-state index is 0.445. The molecule has 0 spiro atoms. The van der Waals surface area contributed by atoms with Crippen LogP contribution < -0.4 is 4.90 Å². The van der Waals surface area contributed by atoms with E-state index >= 15 is 0 Å². The molecule has 0 amide bonds. The van der Waals surface area contributed by atoms with E-state index in [0.29, 0.717) is 22.2 Å². The first-order valence-corrected chi connectivity index (χ1v) is 9.62. The third kappa shape index (κ3) is 2.62. The molecule has 3 nitrogen and oxygen atoms in total. The Morgan fingerprint density at radius 1 is 1.12 bits per heavy atom. The highest BCUT2D eigenvalue weighted by atomic mass is 35.5. The van der Waals surface area contributed by atoms with E-state index in [-0.39, 0.29) is 0 Å². The summed E-state index contributed by atoms with van der Waals surface area (Å²) in [6.45, 7) is 1.25. The van der Waals surface area contributed by atoms with E-state index < -0.39 is 5.72 Å². The Bertz CT molecular complexity index is 812. The lowest BCUT2D eigenvalue weighted by Gasteiger charge is -2.25. The van der Waals surface area contributed by atoms with Crippen molar-refractivity contribution in [2.75, 3.05) is 23.7 Å². The topological polar surface area (TPSA) is 26.5 Å². The van der Waals surface area contributed by atoms with E-state index in [1.165, 1.54) is 0 Å². The van der Waals surface area contributed by atoms with Crippen molar-refractivity contribution in [2.24, 2.45) is 0 Å². The highest BCUT2D eigenvalue weighted by Crippen LogP contribution is 2.40. The monoisotopic (exact) mass is 379 g/mol. The highest BCUT2D eigenvalue weighted by Gasteiger charge is 2.54. The van der Waals surface area contributed by atoms with Gasteiger partial charge in [-0.25, -0.2) is 9.48 Å². The third-order valence-electron chi connectivity index (χ3n) is 4.47. The molecule has 0 radical (unpaired) electrons. The zero-order chi connectivity index (χ0) is 16.7. The number of para-hydroxylation sites is 1. The van der Waals surface area contributed by atoms with Gasteiger partial charge in [0.25, 0.3) is 5.72 Å². The van der Waals surface area contributed by atoms with Crippen LogP contribution in [-0.4, -0.2) is 33.7 Å². The van der Waals surface area contributed by atoms with Crippen molar-refractivity contribution in [1.29, 1.82) is 0 Å². The maximum absolute atomic E-state index is 11.6. The number of anilines is 1. The quantitative estimate of drug-likeness (QED) is 0.793. The number of β-amino-alcohol motifs (C(OH)–C–C–N with tert-alkyl or cyclic N) is 1. The van der Waals surface area contributed by atoms with Crippen molar-refractivity contribution < 1.29 is 9.68 Å². The molecule has 0 aromatic heterocycles. The van der Waals surface area contributed by atoms with E-state index in [1.807, 2.05) is 24.3 Å². The summed E-state index contributed by atoms with van der Waals surface area (Å²) in [5, 5.41) is 13.7. The number of aliphatic hydroxyl groups is 1. The summed E-state index contributed by atoms with van der Waals surface area (Å²) in [6.07, 6.45) is 1.03. The van der Waals surface area contributed by atoms with Crippen LogP contribution in [0.4, 0.5) is 5.69 Å². The molecule has 2 aliphatic heterocycles. The Hall–Kier alpha value is -1.20. The van der Waals surface area contributed by atoms with Crippen LogP contribution in [-0.2, 0) is 5.72 Å². The maximum Gasteiger partial charge on any atom is 0.316 e. The first-order chi connectivity index (χ1) is 11.6. The Labute approximate surface area is 155 Å². The fraction of sp³-hybridized carbons (Fsp3) is 0.278. The van der Waals surface area contributed by atoms with Crippen molar-refractivity contribution >= 4 is 45.8 Å². The fourth-order valence-electron chi connectivity index (χ4n) is 3.35. The smallest absolute Gasteiger partial charge is 0.316 e. The predicted molar refractivity (Wildman–Crippen MR) is 101 cm³/mol. The lowest BCUT2D eigenvalue weighted by molar-refractivity contribution is -0.656. The van der Waals surface area contributed by atoms with Crippen LogP contribution in [0.25, 0.3) is 0 Å². The molecule has 1 unspecified atom stereocenters. The van der Waals surface area contributed by atoms with Gasteiger partial charge < -0.3 is 5.11 Å². The Morgan fingerprint density at radius 2 is 1.92 bits per heavy atom. The molecule has 1 N–H and O–H groups in total. The second-order valence-electron chi connectivity index (χ2n) is 6.00. The van der Waals surface area contributed by atoms with Gasteiger partial charge in [-0.15, -0.1) is 0 Å². The van der Waals surface area contributed by atoms with Gasteiger partial charge in [-0.1, -0.05) is 41.4 Å². The zero-order valence-corrected chi connectivity index (χ0v) is 15.3. The summed E-state index contributed by atoms with van der Waals surface area (Å²) in [5.74, 6) is 1.06. The van der Waals surface area contributed by atoms with Gasteiger partial charge in [0, 0.05) is 10.8 Å². The normalized spacial score (nSPS) is 23.5. The molecule has 124 valence electrons. The van der Waals surface area contributed by atoms with Crippen LogP contribution in [0.15, 0.2) is 48.5 Å². The molecule has 2 aromatic rings. The average molecular weight is 380 g/mol. The Balaban J connectivity index is 1.83. The molecule has 2 aliphatic rings. The lowest BCUT2D eigenvalue weighted by atomic mass is 10.0. The van der Waals surface area contributed by atoms with Crippen LogP contribution in [0, 0.1) is 0 Å². The van der Waals surface area contributed by atoms with Gasteiger partial charge in [-0.05, 0) is 48.5 Å². The molecule has 24 heavy (non-hydrogen) atoms. The number of halogens is 2. The SMILES string of the molecule is OC1(c2ccc(Cl)cc2Cl)CN(c2ccccc2)C2=[N+]1CCCS2. The van der Waals surface area contributed by atoms with Crippen molar-refractivity contribution in [3.8, 4) is 0 Å². The number of hydrogen-bond donors (Lipinski definition) is 1. The molecule has 1 atom stereocenters. The molecule has 6 heteroatoms. The van der Waals surface area contributed by atoms with Crippen LogP contribution >= 0.6 is 35.0 Å². The van der Waals surface area contributed by atoms with Gasteiger partial charge >= 0.3 is 5.17 Å². The molecule has 0 fully saturated rings. The van der Waals surface area contributed by atoms with Crippen LogP contribution in [0.2, 0.25) is 10.0 Å². The third-order valence-corrected chi connectivity index (χ3v) is 6.21. The van der Waals surface area contributed by atoms with E-state index in [1.54, 1.807) is 23.9 Å². The number of amidine groups is 1. The first-order valence-electron chi connectivity index (χ1n) is 7.87. The summed E-state index contributed by atoms with van der Waals surface area (Å²) in [6, 6.07) is 15.5. The Kier molecular flexibility index (Phi) is 4.25. The predicted octanol–water partition coefficient (Wildman–Crippen LogP) is 4.16. The second-order valence-corrected chi connectivity index (χ2v) is 7.90.